The molecule has 2 heterocycles. The molecule has 2 aromatic rings. The largest absolute Gasteiger partial charge is 0.337 e. The summed E-state index contributed by atoms with van der Waals surface area (Å²) >= 11 is 11.9. The second-order valence-electron chi connectivity index (χ2n) is 5.31. The molecule has 1 N–H and O–H groups in total. The van der Waals surface area contributed by atoms with Crippen LogP contribution in [0.15, 0.2) is 22.7 Å². The van der Waals surface area contributed by atoms with Gasteiger partial charge in [-0.05, 0) is 31.5 Å². The van der Waals surface area contributed by atoms with Crippen molar-refractivity contribution in [2.75, 3.05) is 0 Å². The molecule has 120 valence electrons. The molecule has 7 nitrogen and oxygen atoms in total. The quantitative estimate of drug-likeness (QED) is 0.856. The molecule has 1 saturated heterocycles. The van der Waals surface area contributed by atoms with Gasteiger partial charge in [0.25, 0.3) is 5.91 Å². The summed E-state index contributed by atoms with van der Waals surface area (Å²) in [5.41, 5.74) is -0.699. The molecule has 1 atom stereocenters. The Bertz CT molecular complexity index is 807. The number of urea groups is 1. The van der Waals surface area contributed by atoms with E-state index in [1.807, 2.05) is 0 Å². The lowest BCUT2D eigenvalue weighted by Crippen LogP contribution is -2.40. The summed E-state index contributed by atoms with van der Waals surface area (Å²) in [6.45, 7) is 3.16. The van der Waals surface area contributed by atoms with Crippen molar-refractivity contribution in [1.29, 1.82) is 0 Å². The first-order chi connectivity index (χ1) is 10.8. The van der Waals surface area contributed by atoms with Gasteiger partial charge in [-0.2, -0.15) is 4.98 Å². The SMILES string of the molecule is Cc1noc(CN2C(=O)NC(C)(c3ccc(Cl)c(Cl)c3)C2=O)n1. The Morgan fingerprint density at radius 2 is 2.04 bits per heavy atom. The third-order valence-electron chi connectivity index (χ3n) is 3.63. The van der Waals surface area contributed by atoms with Crippen LogP contribution in [0.4, 0.5) is 4.79 Å². The maximum absolute atomic E-state index is 12.7. The van der Waals surface area contributed by atoms with Crippen molar-refractivity contribution in [2.24, 2.45) is 0 Å². The van der Waals surface area contributed by atoms with E-state index in [-0.39, 0.29) is 12.4 Å². The normalized spacial score (nSPS) is 21.0. The van der Waals surface area contributed by atoms with Gasteiger partial charge in [-0.1, -0.05) is 34.4 Å². The van der Waals surface area contributed by atoms with E-state index in [1.165, 1.54) is 0 Å². The second-order valence-corrected chi connectivity index (χ2v) is 6.13. The number of amides is 3. The number of rotatable bonds is 3. The molecular formula is C14H12Cl2N4O3. The zero-order valence-corrected chi connectivity index (χ0v) is 13.8. The number of imide groups is 1. The summed E-state index contributed by atoms with van der Waals surface area (Å²) in [5, 5.41) is 6.98. The number of halogens is 2. The van der Waals surface area contributed by atoms with Gasteiger partial charge in [-0.25, -0.2) is 4.79 Å². The lowest BCUT2D eigenvalue weighted by molar-refractivity contribution is -0.131. The minimum atomic E-state index is -1.24. The Labute approximate surface area is 141 Å². The van der Waals surface area contributed by atoms with Crippen molar-refractivity contribution in [3.63, 3.8) is 0 Å². The molecular weight excluding hydrogens is 343 g/mol. The van der Waals surface area contributed by atoms with Gasteiger partial charge >= 0.3 is 6.03 Å². The van der Waals surface area contributed by atoms with Gasteiger partial charge in [0.05, 0.1) is 10.0 Å². The molecule has 23 heavy (non-hydrogen) atoms. The van der Waals surface area contributed by atoms with Crippen LogP contribution < -0.4 is 5.32 Å². The number of carbonyl (C=O) groups excluding carboxylic acids is 2. The number of benzene rings is 1. The second kappa shape index (κ2) is 5.50. The molecule has 3 rings (SSSR count). The van der Waals surface area contributed by atoms with Crippen LogP contribution in [0, 0.1) is 6.92 Å². The fourth-order valence-corrected chi connectivity index (χ4v) is 2.68. The van der Waals surface area contributed by atoms with Crippen molar-refractivity contribution >= 4 is 35.1 Å². The van der Waals surface area contributed by atoms with Crippen LogP contribution in [0.3, 0.4) is 0 Å². The highest BCUT2D eigenvalue weighted by Crippen LogP contribution is 2.33. The maximum Gasteiger partial charge on any atom is 0.325 e. The van der Waals surface area contributed by atoms with Gasteiger partial charge < -0.3 is 9.84 Å². The Morgan fingerprint density at radius 3 is 2.65 bits per heavy atom. The van der Waals surface area contributed by atoms with Crippen LogP contribution in [0.2, 0.25) is 10.0 Å². The Kier molecular flexibility index (Phi) is 3.77. The van der Waals surface area contributed by atoms with Gasteiger partial charge in [-0.3, -0.25) is 9.69 Å². The van der Waals surface area contributed by atoms with E-state index in [0.717, 1.165) is 4.90 Å². The number of aromatic nitrogens is 2. The molecule has 3 amide bonds. The zero-order valence-electron chi connectivity index (χ0n) is 12.3. The predicted molar refractivity (Wildman–Crippen MR) is 81.9 cm³/mol. The average Bonchev–Trinajstić information content (AvgIpc) is 3.00. The van der Waals surface area contributed by atoms with E-state index in [1.54, 1.807) is 32.0 Å². The highest BCUT2D eigenvalue weighted by atomic mass is 35.5. The van der Waals surface area contributed by atoms with Crippen LogP contribution in [0.5, 0.6) is 0 Å². The number of carbonyl (C=O) groups is 2. The Hall–Kier alpha value is -2.12. The summed E-state index contributed by atoms with van der Waals surface area (Å²) in [6.07, 6.45) is 0. The number of hydrogen-bond acceptors (Lipinski definition) is 5. The van der Waals surface area contributed by atoms with Crippen molar-refractivity contribution < 1.29 is 14.1 Å². The van der Waals surface area contributed by atoms with Crippen LogP contribution >= 0.6 is 23.2 Å². The van der Waals surface area contributed by atoms with Crippen molar-refractivity contribution in [3.05, 3.63) is 45.5 Å². The number of nitrogens with zero attached hydrogens (tertiary/aromatic N) is 3. The summed E-state index contributed by atoms with van der Waals surface area (Å²) in [5.74, 6) is 0.181. The fraction of sp³-hybridized carbons (Fsp3) is 0.286. The summed E-state index contributed by atoms with van der Waals surface area (Å²) < 4.78 is 4.96. The van der Waals surface area contributed by atoms with Gasteiger partial charge in [-0.15, -0.1) is 0 Å². The van der Waals surface area contributed by atoms with Crippen molar-refractivity contribution in [2.45, 2.75) is 25.9 Å². The molecule has 1 aliphatic heterocycles. The van der Waals surface area contributed by atoms with Crippen LogP contribution in [0.25, 0.3) is 0 Å². The minimum Gasteiger partial charge on any atom is -0.337 e. The van der Waals surface area contributed by atoms with Gasteiger partial charge in [0.15, 0.2) is 5.82 Å². The Balaban J connectivity index is 1.91. The summed E-state index contributed by atoms with van der Waals surface area (Å²) in [7, 11) is 0. The van der Waals surface area contributed by atoms with Crippen LogP contribution in [-0.2, 0) is 16.9 Å². The first-order valence-electron chi connectivity index (χ1n) is 6.70. The third kappa shape index (κ3) is 2.66. The van der Waals surface area contributed by atoms with Gasteiger partial charge in [0.1, 0.15) is 12.1 Å². The lowest BCUT2D eigenvalue weighted by Gasteiger charge is -2.22. The van der Waals surface area contributed by atoms with E-state index in [2.05, 4.69) is 15.5 Å². The molecule has 9 heteroatoms. The molecule has 1 aromatic carbocycles. The van der Waals surface area contributed by atoms with Gasteiger partial charge in [0, 0.05) is 0 Å². The number of hydrogen-bond donors (Lipinski definition) is 1. The molecule has 1 aliphatic rings. The molecule has 0 spiro atoms. The lowest BCUT2D eigenvalue weighted by atomic mass is 9.92. The standard InChI is InChI=1S/C14H12Cl2N4O3/c1-7-17-11(23-19-7)6-20-12(21)14(2,18-13(20)22)8-3-4-9(15)10(16)5-8/h3-5H,6H2,1-2H3,(H,18,22). The van der Waals surface area contributed by atoms with Crippen molar-refractivity contribution in [1.82, 2.24) is 20.4 Å². The first-order valence-corrected chi connectivity index (χ1v) is 7.45. The molecule has 1 unspecified atom stereocenters. The minimum absolute atomic E-state index is 0.0948. The molecule has 1 fully saturated rings. The van der Waals surface area contributed by atoms with E-state index >= 15 is 0 Å². The third-order valence-corrected chi connectivity index (χ3v) is 4.37. The van der Waals surface area contributed by atoms with E-state index in [4.69, 9.17) is 27.7 Å². The smallest absolute Gasteiger partial charge is 0.325 e. The predicted octanol–water partition coefficient (Wildman–Crippen LogP) is 2.65. The van der Waals surface area contributed by atoms with Gasteiger partial charge in [0.2, 0.25) is 5.89 Å². The van der Waals surface area contributed by atoms with Crippen LogP contribution in [-0.4, -0.2) is 27.0 Å². The van der Waals surface area contributed by atoms with Crippen LogP contribution in [0.1, 0.15) is 24.2 Å². The molecule has 0 saturated carbocycles. The summed E-state index contributed by atoms with van der Waals surface area (Å²) in [6, 6.07) is 4.24. The highest BCUT2D eigenvalue weighted by Gasteiger charge is 2.49. The van der Waals surface area contributed by atoms with E-state index in [9.17, 15) is 9.59 Å². The molecule has 1 aromatic heterocycles. The first kappa shape index (κ1) is 15.8. The molecule has 0 bridgehead atoms. The number of nitrogens with one attached hydrogen (secondary N) is 1. The molecule has 0 aliphatic carbocycles. The number of aryl methyl sites for hydroxylation is 1. The average molecular weight is 355 g/mol. The maximum atomic E-state index is 12.7. The summed E-state index contributed by atoms with van der Waals surface area (Å²) in [4.78, 5) is 29.9. The fourth-order valence-electron chi connectivity index (χ4n) is 2.38. The Morgan fingerprint density at radius 1 is 1.30 bits per heavy atom. The monoisotopic (exact) mass is 354 g/mol. The molecule has 0 radical (unpaired) electrons. The topological polar surface area (TPSA) is 88.3 Å². The zero-order chi connectivity index (χ0) is 16.8. The highest BCUT2D eigenvalue weighted by molar-refractivity contribution is 6.42. The van der Waals surface area contributed by atoms with E-state index < -0.39 is 17.5 Å². The van der Waals surface area contributed by atoms with E-state index in [0.29, 0.717) is 21.4 Å². The van der Waals surface area contributed by atoms with Crippen molar-refractivity contribution in [3.8, 4) is 0 Å².